The van der Waals surface area contributed by atoms with Gasteiger partial charge in [-0.3, -0.25) is 0 Å². The molecule has 0 saturated carbocycles. The van der Waals surface area contributed by atoms with Gasteiger partial charge in [0, 0.05) is 32.8 Å². The number of benzene rings is 4. The normalized spacial score (nSPS) is 12.4. The van der Waals surface area contributed by atoms with Crippen LogP contribution in [0.15, 0.2) is 94.7 Å². The van der Waals surface area contributed by atoms with Crippen LogP contribution in [-0.2, 0) is 29.7 Å². The largest absolute Gasteiger partial charge is 0.497 e. The minimum atomic E-state index is -4.40. The highest BCUT2D eigenvalue weighted by atomic mass is 127. The molecule has 298 valence electrons. The Morgan fingerprint density at radius 3 is 1.80 bits per heavy atom. The lowest BCUT2D eigenvalue weighted by Crippen LogP contribution is -2.49. The van der Waals surface area contributed by atoms with Crippen molar-refractivity contribution >= 4 is 50.5 Å². The third-order valence-electron chi connectivity index (χ3n) is 8.73. The van der Waals surface area contributed by atoms with E-state index in [4.69, 9.17) is 14.2 Å². The lowest BCUT2D eigenvalue weighted by molar-refractivity contribution is 0.0636. The van der Waals surface area contributed by atoms with E-state index in [1.165, 1.54) is 9.10 Å². The van der Waals surface area contributed by atoms with Gasteiger partial charge in [0.25, 0.3) is 0 Å². The summed E-state index contributed by atoms with van der Waals surface area (Å²) in [5.74, 6) is 2.06. The quantitative estimate of drug-likeness (QED) is 0.0755. The maximum absolute atomic E-state index is 15.4. The number of sulfonamides is 1. The molecule has 0 radical (unpaired) electrons. The first-order chi connectivity index (χ1) is 26.6. The summed E-state index contributed by atoms with van der Waals surface area (Å²) in [4.78, 5) is 14.9. The number of carboxylic acid groups (broad SMARTS) is 1. The van der Waals surface area contributed by atoms with E-state index in [-0.39, 0.29) is 48.2 Å². The Morgan fingerprint density at radius 2 is 1.34 bits per heavy atom. The number of ether oxygens (including phenoxy) is 3. The molecule has 0 spiro atoms. The summed E-state index contributed by atoms with van der Waals surface area (Å²) < 4.78 is 48.7. The van der Waals surface area contributed by atoms with E-state index in [1.807, 2.05) is 48.5 Å². The Kier molecular flexibility index (Phi) is 14.2. The van der Waals surface area contributed by atoms with E-state index in [1.54, 1.807) is 78.5 Å². The molecule has 0 unspecified atom stereocenters. The molecule has 0 aliphatic heterocycles. The maximum atomic E-state index is 15.4. The predicted molar refractivity (Wildman–Crippen MR) is 222 cm³/mol. The van der Waals surface area contributed by atoms with Crippen LogP contribution in [0.25, 0.3) is 11.4 Å². The van der Waals surface area contributed by atoms with Gasteiger partial charge in [-0.1, -0.05) is 36.4 Å². The van der Waals surface area contributed by atoms with E-state index >= 15 is 8.42 Å². The fourth-order valence-electron chi connectivity index (χ4n) is 5.73. The van der Waals surface area contributed by atoms with Crippen molar-refractivity contribution in [1.29, 1.82) is 0 Å². The second-order valence-corrected chi connectivity index (χ2v) is 17.8. The molecule has 0 aliphatic carbocycles. The minimum absolute atomic E-state index is 0.00302. The number of carbonyl (C=O) groups is 1. The van der Waals surface area contributed by atoms with Gasteiger partial charge in [-0.05, 0) is 114 Å². The summed E-state index contributed by atoms with van der Waals surface area (Å²) in [7, 11) is 0.318. The first kappa shape index (κ1) is 42.7. The van der Waals surface area contributed by atoms with Crippen LogP contribution in [0.2, 0.25) is 0 Å². The Morgan fingerprint density at radius 1 is 0.839 bits per heavy atom. The van der Waals surface area contributed by atoms with Gasteiger partial charge in [0.1, 0.15) is 22.1 Å². The molecule has 5 rings (SSSR count). The molecular formula is C39H45IN6O8S2. The SMILES string of the molecule is COc1ccc(CN(Cc2ccc(OC)cc2)S(=O)(=O)c2c(SC[C@@H](O)CN(C(=O)O)C(C)(C)C)ccc(I)c2-c2nnn(Cc3ccc(OC)cc3)n2)cc1. The number of tetrazole rings is 1. The van der Waals surface area contributed by atoms with Crippen molar-refractivity contribution in [2.45, 2.75) is 61.8 Å². The molecule has 0 aliphatic rings. The summed E-state index contributed by atoms with van der Waals surface area (Å²) in [6, 6.07) is 25.2. The highest BCUT2D eigenvalue weighted by Gasteiger charge is 2.35. The van der Waals surface area contributed by atoms with Gasteiger partial charge in [0.05, 0.1) is 46.1 Å². The van der Waals surface area contributed by atoms with Gasteiger partial charge in [-0.15, -0.1) is 22.0 Å². The minimum Gasteiger partial charge on any atom is -0.497 e. The molecule has 5 aromatic rings. The molecule has 4 aromatic carbocycles. The van der Waals surface area contributed by atoms with Gasteiger partial charge in [0.15, 0.2) is 0 Å². The Bertz CT molecular complexity index is 2150. The molecule has 17 heteroatoms. The summed E-state index contributed by atoms with van der Waals surface area (Å²) in [6.07, 6.45) is -2.29. The van der Waals surface area contributed by atoms with Crippen LogP contribution in [0.5, 0.6) is 17.2 Å². The number of aromatic nitrogens is 4. The molecule has 1 atom stereocenters. The monoisotopic (exact) mass is 916 g/mol. The second kappa shape index (κ2) is 18.7. The van der Waals surface area contributed by atoms with Gasteiger partial charge in [0.2, 0.25) is 15.8 Å². The van der Waals surface area contributed by atoms with Crippen molar-refractivity contribution in [3.05, 3.63) is 105 Å². The molecular weight excluding hydrogens is 872 g/mol. The molecule has 2 N–H and O–H groups in total. The first-order valence-electron chi connectivity index (χ1n) is 17.4. The fraction of sp³-hybridized carbons (Fsp3) is 0.333. The van der Waals surface area contributed by atoms with E-state index in [2.05, 4.69) is 38.0 Å². The summed E-state index contributed by atoms with van der Waals surface area (Å²) in [5.41, 5.74) is 1.81. The number of aliphatic hydroxyl groups is 1. The number of hydrogen-bond donors (Lipinski definition) is 2. The highest BCUT2D eigenvalue weighted by molar-refractivity contribution is 14.1. The van der Waals surface area contributed by atoms with Crippen molar-refractivity contribution in [2.75, 3.05) is 33.6 Å². The number of amides is 1. The highest BCUT2D eigenvalue weighted by Crippen LogP contribution is 2.40. The molecule has 1 aromatic heterocycles. The van der Waals surface area contributed by atoms with Crippen LogP contribution >= 0.6 is 34.4 Å². The number of nitrogens with zero attached hydrogens (tertiary/aromatic N) is 6. The lowest BCUT2D eigenvalue weighted by atomic mass is 10.1. The zero-order valence-corrected chi connectivity index (χ0v) is 35.7. The number of halogens is 1. The average molecular weight is 917 g/mol. The molecule has 14 nitrogen and oxygen atoms in total. The van der Waals surface area contributed by atoms with Crippen molar-refractivity contribution in [3.8, 4) is 28.6 Å². The maximum Gasteiger partial charge on any atom is 0.407 e. The number of methoxy groups -OCH3 is 3. The summed E-state index contributed by atoms with van der Waals surface area (Å²) in [5, 5.41) is 34.3. The number of rotatable bonds is 17. The smallest absolute Gasteiger partial charge is 0.407 e. The Labute approximate surface area is 345 Å². The molecule has 0 saturated heterocycles. The van der Waals surface area contributed by atoms with Crippen molar-refractivity contribution < 1.29 is 37.6 Å². The van der Waals surface area contributed by atoms with E-state index in [0.29, 0.717) is 25.7 Å². The van der Waals surface area contributed by atoms with Crippen LogP contribution in [0.1, 0.15) is 37.5 Å². The zero-order valence-electron chi connectivity index (χ0n) is 31.9. The number of thioether (sulfide) groups is 1. The van der Waals surface area contributed by atoms with Crippen molar-refractivity contribution in [1.82, 2.24) is 29.4 Å². The lowest BCUT2D eigenvalue weighted by Gasteiger charge is -2.34. The number of aliphatic hydroxyl groups excluding tert-OH is 1. The standard InChI is InChI=1S/C39H45IN6O8S2/c1-39(2,3)45(38(48)49)24-29(47)25-55-34-20-19-33(40)35(37-41-43-46(42-37)23-28-11-17-32(54-6)18-12-28)36(34)56(50,51)44(21-26-7-13-30(52-4)14-8-26)22-27-9-15-31(53-5)16-10-27/h7-20,29,47H,21-25H2,1-6H3,(H,48,49)/t29-/m0/s1. The number of hydrogen-bond acceptors (Lipinski definition) is 11. The van der Waals surface area contributed by atoms with Gasteiger partial charge >= 0.3 is 6.09 Å². The van der Waals surface area contributed by atoms with Crippen LogP contribution < -0.4 is 14.2 Å². The summed E-state index contributed by atoms with van der Waals surface area (Å²) in [6.45, 7) is 5.34. The van der Waals surface area contributed by atoms with Crippen LogP contribution in [0, 0.1) is 3.57 Å². The molecule has 56 heavy (non-hydrogen) atoms. The number of β-amino-alcohol motifs (C(OH)–C–C–N with tert-alkyl or cyclic N) is 1. The third-order valence-corrected chi connectivity index (χ3v) is 12.8. The van der Waals surface area contributed by atoms with Crippen LogP contribution in [-0.4, -0.2) is 99.4 Å². The van der Waals surface area contributed by atoms with E-state index in [9.17, 15) is 15.0 Å². The second-order valence-electron chi connectivity index (χ2n) is 13.7. The first-order valence-corrected chi connectivity index (χ1v) is 20.9. The van der Waals surface area contributed by atoms with Crippen molar-refractivity contribution in [2.24, 2.45) is 0 Å². The third kappa shape index (κ3) is 10.7. The molecule has 0 fully saturated rings. The van der Waals surface area contributed by atoms with Gasteiger partial charge in [-0.2, -0.15) is 9.10 Å². The average Bonchev–Trinajstić information content (AvgIpc) is 3.64. The van der Waals surface area contributed by atoms with Gasteiger partial charge < -0.3 is 29.3 Å². The van der Waals surface area contributed by atoms with Crippen LogP contribution in [0.3, 0.4) is 0 Å². The molecule has 1 heterocycles. The fourth-order valence-corrected chi connectivity index (χ4v) is 9.65. The summed E-state index contributed by atoms with van der Waals surface area (Å²) >= 11 is 3.18. The van der Waals surface area contributed by atoms with Gasteiger partial charge in [-0.25, -0.2) is 13.2 Å². The Hall–Kier alpha value is -4.43. The van der Waals surface area contributed by atoms with Crippen molar-refractivity contribution in [3.63, 3.8) is 0 Å². The molecule has 0 bridgehead atoms. The van der Waals surface area contributed by atoms with Crippen LogP contribution in [0.4, 0.5) is 4.79 Å². The Balaban J connectivity index is 1.61. The predicted octanol–water partition coefficient (Wildman–Crippen LogP) is 6.64. The van der Waals surface area contributed by atoms with E-state index in [0.717, 1.165) is 33.4 Å². The zero-order chi connectivity index (χ0) is 40.6. The van der Waals surface area contributed by atoms with E-state index < -0.39 is 27.8 Å². The topological polar surface area (TPSA) is 169 Å². The molecule has 1 amide bonds.